The first-order chi connectivity index (χ1) is 16.5. The van der Waals surface area contributed by atoms with Crippen molar-refractivity contribution in [2.75, 3.05) is 0 Å². The lowest BCUT2D eigenvalue weighted by Gasteiger charge is -2.34. The highest BCUT2D eigenvalue weighted by Gasteiger charge is 2.41. The number of fused-ring (bicyclic) bond motifs is 2. The quantitative estimate of drug-likeness (QED) is 0.417. The monoisotopic (exact) mass is 444 g/mol. The van der Waals surface area contributed by atoms with Crippen molar-refractivity contribution >= 4 is 5.57 Å². The van der Waals surface area contributed by atoms with Crippen LogP contribution in [0.2, 0.25) is 0 Å². The molecule has 0 amide bonds. The van der Waals surface area contributed by atoms with Crippen LogP contribution in [0, 0.1) is 5.92 Å². The molecule has 0 saturated heterocycles. The van der Waals surface area contributed by atoms with Gasteiger partial charge in [-0.3, -0.25) is 0 Å². The average molecular weight is 445 g/mol. The average Bonchev–Trinajstić information content (AvgIpc) is 3.39. The van der Waals surface area contributed by atoms with Crippen LogP contribution in [0.3, 0.4) is 0 Å². The number of benzene rings is 2. The van der Waals surface area contributed by atoms with Gasteiger partial charge in [-0.2, -0.15) is 0 Å². The Bertz CT molecular complexity index is 1270. The summed E-state index contributed by atoms with van der Waals surface area (Å²) in [5, 5.41) is 0. The summed E-state index contributed by atoms with van der Waals surface area (Å²) in [4.78, 5) is 0. The summed E-state index contributed by atoms with van der Waals surface area (Å²) in [7, 11) is 0. The molecule has 0 heteroatoms. The van der Waals surface area contributed by atoms with Gasteiger partial charge in [-0.1, -0.05) is 111 Å². The smallest absolute Gasteiger partial charge is 0.0201 e. The number of allylic oxidation sites excluding steroid dienone is 10. The maximum Gasteiger partial charge on any atom is 0.0201 e. The van der Waals surface area contributed by atoms with Gasteiger partial charge in [0.2, 0.25) is 0 Å². The van der Waals surface area contributed by atoms with Gasteiger partial charge in [0.25, 0.3) is 0 Å². The summed E-state index contributed by atoms with van der Waals surface area (Å²) in [5.41, 5.74) is 15.3. The normalized spacial score (nSPS) is 22.6. The van der Waals surface area contributed by atoms with Crippen molar-refractivity contribution in [2.45, 2.75) is 58.8 Å². The van der Waals surface area contributed by atoms with Gasteiger partial charge in [-0.25, -0.2) is 0 Å². The Morgan fingerprint density at radius 3 is 2.53 bits per heavy atom. The Labute approximate surface area is 205 Å². The SMILES string of the molecule is C=C(CCC)C1=C(C)C=C2C/C(=C\C3=CCc4ccccc43)C(=C)C2C1c1ccc(CC)cc1. The van der Waals surface area contributed by atoms with E-state index in [2.05, 4.69) is 94.1 Å². The van der Waals surface area contributed by atoms with E-state index in [-0.39, 0.29) is 0 Å². The summed E-state index contributed by atoms with van der Waals surface area (Å²) in [6.07, 6.45) is 12.5. The zero-order chi connectivity index (χ0) is 23.8. The molecule has 0 radical (unpaired) electrons. The third-order valence-electron chi connectivity index (χ3n) is 7.93. The van der Waals surface area contributed by atoms with Crippen molar-refractivity contribution in [3.63, 3.8) is 0 Å². The second-order valence-corrected chi connectivity index (χ2v) is 10.1. The Morgan fingerprint density at radius 2 is 1.79 bits per heavy atom. The molecule has 34 heavy (non-hydrogen) atoms. The van der Waals surface area contributed by atoms with Gasteiger partial charge in [-0.15, -0.1) is 0 Å². The number of aryl methyl sites for hydroxylation is 1. The molecule has 0 aliphatic heterocycles. The molecule has 2 aromatic carbocycles. The van der Waals surface area contributed by atoms with Crippen LogP contribution >= 0.6 is 0 Å². The molecular formula is C34H36. The topological polar surface area (TPSA) is 0 Å². The minimum absolute atomic E-state index is 0.299. The maximum atomic E-state index is 4.70. The lowest BCUT2D eigenvalue weighted by molar-refractivity contribution is 0.619. The fourth-order valence-corrected chi connectivity index (χ4v) is 6.22. The van der Waals surface area contributed by atoms with Crippen molar-refractivity contribution in [3.05, 3.63) is 136 Å². The molecule has 0 heterocycles. The van der Waals surface area contributed by atoms with Gasteiger partial charge in [0.05, 0.1) is 0 Å². The lowest BCUT2D eigenvalue weighted by Crippen LogP contribution is -2.21. The van der Waals surface area contributed by atoms with E-state index in [9.17, 15) is 0 Å². The van der Waals surface area contributed by atoms with Gasteiger partial charge < -0.3 is 0 Å². The predicted octanol–water partition coefficient (Wildman–Crippen LogP) is 9.09. The highest BCUT2D eigenvalue weighted by atomic mass is 14.4. The highest BCUT2D eigenvalue weighted by molar-refractivity contribution is 5.82. The van der Waals surface area contributed by atoms with Gasteiger partial charge in [-0.05, 0) is 82.7 Å². The second kappa shape index (κ2) is 9.26. The number of rotatable bonds is 6. The summed E-state index contributed by atoms with van der Waals surface area (Å²) in [6.45, 7) is 16.0. The van der Waals surface area contributed by atoms with Gasteiger partial charge >= 0.3 is 0 Å². The second-order valence-electron chi connectivity index (χ2n) is 10.1. The van der Waals surface area contributed by atoms with E-state index in [0.717, 1.165) is 32.1 Å². The van der Waals surface area contributed by atoms with Crippen LogP contribution in [0.5, 0.6) is 0 Å². The lowest BCUT2D eigenvalue weighted by atomic mass is 9.69. The molecule has 3 aliphatic carbocycles. The first kappa shape index (κ1) is 22.7. The van der Waals surface area contributed by atoms with Crippen molar-refractivity contribution in [1.82, 2.24) is 0 Å². The molecule has 0 nitrogen and oxygen atoms in total. The molecule has 172 valence electrons. The zero-order valence-electron chi connectivity index (χ0n) is 21.0. The summed E-state index contributed by atoms with van der Waals surface area (Å²) in [6, 6.07) is 18.1. The highest BCUT2D eigenvalue weighted by Crippen LogP contribution is 2.55. The van der Waals surface area contributed by atoms with E-state index in [1.165, 1.54) is 61.3 Å². The number of hydrogen-bond acceptors (Lipinski definition) is 0. The zero-order valence-corrected chi connectivity index (χ0v) is 21.0. The minimum atomic E-state index is 0.299. The summed E-state index contributed by atoms with van der Waals surface area (Å²) >= 11 is 0. The molecule has 0 aromatic heterocycles. The summed E-state index contributed by atoms with van der Waals surface area (Å²) in [5.74, 6) is 0.622. The Hall–Kier alpha value is -3.12. The third-order valence-corrected chi connectivity index (χ3v) is 7.93. The fourth-order valence-electron chi connectivity index (χ4n) is 6.22. The van der Waals surface area contributed by atoms with Crippen LogP contribution in [0.1, 0.15) is 68.2 Å². The van der Waals surface area contributed by atoms with Crippen molar-refractivity contribution < 1.29 is 0 Å². The van der Waals surface area contributed by atoms with Crippen LogP contribution in [0.15, 0.2) is 113 Å². The molecule has 0 N–H and O–H groups in total. The predicted molar refractivity (Wildman–Crippen MR) is 147 cm³/mol. The maximum absolute atomic E-state index is 4.70. The Morgan fingerprint density at radius 1 is 1.03 bits per heavy atom. The molecule has 2 aromatic rings. The molecule has 5 rings (SSSR count). The molecule has 3 aliphatic rings. The Kier molecular flexibility index (Phi) is 6.17. The van der Waals surface area contributed by atoms with Gasteiger partial charge in [0.15, 0.2) is 0 Å². The van der Waals surface area contributed by atoms with Crippen LogP contribution in [-0.4, -0.2) is 0 Å². The van der Waals surface area contributed by atoms with E-state index in [1.54, 1.807) is 0 Å². The van der Waals surface area contributed by atoms with Crippen molar-refractivity contribution in [2.24, 2.45) is 5.92 Å². The van der Waals surface area contributed by atoms with Gasteiger partial charge in [0, 0.05) is 11.8 Å². The van der Waals surface area contributed by atoms with E-state index in [4.69, 9.17) is 6.58 Å². The molecule has 0 bridgehead atoms. The van der Waals surface area contributed by atoms with E-state index < -0.39 is 0 Å². The Balaban J connectivity index is 1.56. The standard InChI is InChI=1S/C34H36/c1-6-10-22(3)32-23(4)19-30-21-29(20-28-18-17-26-11-8-9-12-31(26)28)24(5)33(30)34(32)27-15-13-25(7-2)14-16-27/h8-9,11-16,18-20,33-34H,3,5-7,10,17,21H2,1-2,4H3/b29-20+. The third kappa shape index (κ3) is 3.90. The van der Waals surface area contributed by atoms with E-state index in [0.29, 0.717) is 11.8 Å². The first-order valence-corrected chi connectivity index (χ1v) is 12.9. The molecular weight excluding hydrogens is 408 g/mol. The molecule has 2 unspecified atom stereocenters. The van der Waals surface area contributed by atoms with Crippen molar-refractivity contribution in [3.8, 4) is 0 Å². The first-order valence-electron chi connectivity index (χ1n) is 12.9. The minimum Gasteiger partial charge on any atom is -0.0955 e. The van der Waals surface area contributed by atoms with Crippen LogP contribution < -0.4 is 0 Å². The molecule has 1 saturated carbocycles. The summed E-state index contributed by atoms with van der Waals surface area (Å²) < 4.78 is 0. The van der Waals surface area contributed by atoms with Crippen LogP contribution in [0.25, 0.3) is 5.57 Å². The van der Waals surface area contributed by atoms with Crippen LogP contribution in [-0.2, 0) is 12.8 Å². The van der Waals surface area contributed by atoms with Gasteiger partial charge in [0.1, 0.15) is 0 Å². The molecule has 1 fully saturated rings. The van der Waals surface area contributed by atoms with E-state index >= 15 is 0 Å². The van der Waals surface area contributed by atoms with E-state index in [1.807, 2.05) is 0 Å². The largest absolute Gasteiger partial charge is 0.0955 e. The molecule has 2 atom stereocenters. The van der Waals surface area contributed by atoms with Crippen LogP contribution in [0.4, 0.5) is 0 Å². The van der Waals surface area contributed by atoms with Crippen molar-refractivity contribution in [1.29, 1.82) is 0 Å². The fraction of sp³-hybridized carbons (Fsp3) is 0.294. The molecule has 0 spiro atoms. The number of hydrogen-bond donors (Lipinski definition) is 0.